The van der Waals surface area contributed by atoms with Crippen LogP contribution in [0.3, 0.4) is 0 Å². The lowest BCUT2D eigenvalue weighted by Crippen LogP contribution is -2.15. The zero-order valence-corrected chi connectivity index (χ0v) is 15.9. The third-order valence-corrected chi connectivity index (χ3v) is 4.05. The van der Waals surface area contributed by atoms with E-state index in [2.05, 4.69) is 10.6 Å². The zero-order chi connectivity index (χ0) is 19.9. The third-order valence-electron chi connectivity index (χ3n) is 4.05. The molecule has 5 heteroatoms. The summed E-state index contributed by atoms with van der Waals surface area (Å²) in [6, 6.07) is 22.3. The molecule has 3 aromatic carbocycles. The first kappa shape index (κ1) is 19.2. The molecule has 0 aromatic heterocycles. The average molecular weight is 374 g/mol. The summed E-state index contributed by atoms with van der Waals surface area (Å²) >= 11 is 0. The molecule has 28 heavy (non-hydrogen) atoms. The summed E-state index contributed by atoms with van der Waals surface area (Å²) in [5.41, 5.74) is 3.32. The summed E-state index contributed by atoms with van der Waals surface area (Å²) < 4.78 is 5.91. The summed E-state index contributed by atoms with van der Waals surface area (Å²) in [5.74, 6) is 1.02. The van der Waals surface area contributed by atoms with Crippen molar-refractivity contribution in [1.29, 1.82) is 0 Å². The fraction of sp³-hybridized carbons (Fsp3) is 0.130. The van der Waals surface area contributed by atoms with E-state index >= 15 is 0 Å². The van der Waals surface area contributed by atoms with Crippen molar-refractivity contribution in [2.24, 2.45) is 0 Å². The highest BCUT2D eigenvalue weighted by molar-refractivity contribution is 5.94. The summed E-state index contributed by atoms with van der Waals surface area (Å²) in [5, 5.41) is 5.61. The Morgan fingerprint density at radius 1 is 0.857 bits per heavy atom. The molecule has 0 atom stereocenters. The fourth-order valence-corrected chi connectivity index (χ4v) is 2.68. The number of nitrogens with one attached hydrogen (secondary N) is 2. The fourth-order valence-electron chi connectivity index (χ4n) is 2.68. The van der Waals surface area contributed by atoms with Gasteiger partial charge in [0.1, 0.15) is 5.75 Å². The summed E-state index contributed by atoms with van der Waals surface area (Å²) in [4.78, 5) is 23.5. The monoisotopic (exact) mass is 374 g/mol. The molecule has 0 unspecified atom stereocenters. The minimum absolute atomic E-state index is 0.129. The van der Waals surface area contributed by atoms with Gasteiger partial charge in [-0.05, 0) is 48.9 Å². The molecule has 3 aromatic rings. The van der Waals surface area contributed by atoms with Gasteiger partial charge in [-0.2, -0.15) is 0 Å². The molecule has 0 bridgehead atoms. The highest BCUT2D eigenvalue weighted by Gasteiger charge is 2.09. The Hall–Kier alpha value is -3.60. The van der Waals surface area contributed by atoms with Gasteiger partial charge >= 0.3 is 0 Å². The minimum atomic E-state index is -0.146. The van der Waals surface area contributed by atoms with E-state index in [9.17, 15) is 9.59 Å². The largest absolute Gasteiger partial charge is 0.455 e. The van der Waals surface area contributed by atoms with E-state index in [1.807, 2.05) is 61.5 Å². The maximum absolute atomic E-state index is 12.5. The standard InChI is InChI=1S/C23H22N2O3/c1-16-7-13-20(14-8-16)28-22-6-4-3-5-21(22)25-23(27)15-18-9-11-19(12-10-18)24-17(2)26/h3-14H,15H2,1-2H3,(H,24,26)(H,25,27). The van der Waals surface area contributed by atoms with Gasteiger partial charge in [-0.1, -0.05) is 42.0 Å². The molecule has 0 radical (unpaired) electrons. The van der Waals surface area contributed by atoms with Crippen LogP contribution in [0.25, 0.3) is 0 Å². The van der Waals surface area contributed by atoms with Crippen molar-refractivity contribution in [2.75, 3.05) is 10.6 Å². The van der Waals surface area contributed by atoms with Crippen molar-refractivity contribution in [3.05, 3.63) is 83.9 Å². The number of carbonyl (C=O) groups excluding carboxylic acids is 2. The van der Waals surface area contributed by atoms with Gasteiger partial charge in [-0.3, -0.25) is 9.59 Å². The van der Waals surface area contributed by atoms with Crippen LogP contribution < -0.4 is 15.4 Å². The Morgan fingerprint density at radius 2 is 1.54 bits per heavy atom. The van der Waals surface area contributed by atoms with E-state index in [1.54, 1.807) is 18.2 Å². The Morgan fingerprint density at radius 3 is 2.21 bits per heavy atom. The number of carbonyl (C=O) groups is 2. The molecule has 0 saturated heterocycles. The van der Waals surface area contributed by atoms with Crippen LogP contribution >= 0.6 is 0 Å². The van der Waals surface area contributed by atoms with Gasteiger partial charge in [0.15, 0.2) is 5.75 Å². The second kappa shape index (κ2) is 8.86. The first-order valence-electron chi connectivity index (χ1n) is 8.99. The van der Waals surface area contributed by atoms with Crippen LogP contribution in [0.15, 0.2) is 72.8 Å². The maximum atomic E-state index is 12.5. The van der Waals surface area contributed by atoms with Gasteiger partial charge in [0, 0.05) is 12.6 Å². The second-order valence-electron chi connectivity index (χ2n) is 6.51. The Labute approximate surface area is 164 Å². The van der Waals surface area contributed by atoms with Gasteiger partial charge in [0.2, 0.25) is 11.8 Å². The van der Waals surface area contributed by atoms with Crippen LogP contribution in [0, 0.1) is 6.92 Å². The molecule has 0 fully saturated rings. The van der Waals surface area contributed by atoms with Crippen LogP contribution in [0.2, 0.25) is 0 Å². The molecular weight excluding hydrogens is 352 g/mol. The van der Waals surface area contributed by atoms with E-state index in [-0.39, 0.29) is 18.2 Å². The van der Waals surface area contributed by atoms with Gasteiger partial charge in [0.25, 0.3) is 0 Å². The van der Waals surface area contributed by atoms with Crippen LogP contribution in [-0.2, 0) is 16.0 Å². The predicted molar refractivity (Wildman–Crippen MR) is 111 cm³/mol. The van der Waals surface area contributed by atoms with E-state index in [1.165, 1.54) is 6.92 Å². The average Bonchev–Trinajstić information content (AvgIpc) is 2.66. The zero-order valence-electron chi connectivity index (χ0n) is 15.9. The smallest absolute Gasteiger partial charge is 0.228 e. The number of hydrogen-bond acceptors (Lipinski definition) is 3. The lowest BCUT2D eigenvalue weighted by atomic mass is 10.1. The first-order valence-corrected chi connectivity index (χ1v) is 8.99. The first-order chi connectivity index (χ1) is 13.5. The molecule has 0 aliphatic heterocycles. The SMILES string of the molecule is CC(=O)Nc1ccc(CC(=O)Nc2ccccc2Oc2ccc(C)cc2)cc1. The number of anilines is 2. The van der Waals surface area contributed by atoms with Crippen molar-refractivity contribution in [1.82, 2.24) is 0 Å². The Bertz CT molecular complexity index is 964. The summed E-state index contributed by atoms with van der Waals surface area (Å²) in [7, 11) is 0. The number of benzene rings is 3. The van der Waals surface area contributed by atoms with Gasteiger partial charge in [0.05, 0.1) is 12.1 Å². The van der Waals surface area contributed by atoms with E-state index in [0.717, 1.165) is 11.1 Å². The molecule has 0 aliphatic rings. The summed E-state index contributed by atoms with van der Waals surface area (Å²) in [6.07, 6.45) is 0.221. The topological polar surface area (TPSA) is 67.4 Å². The predicted octanol–water partition coefficient (Wildman–Crippen LogP) is 4.93. The third kappa shape index (κ3) is 5.45. The number of hydrogen-bond donors (Lipinski definition) is 2. The molecule has 0 heterocycles. The number of para-hydroxylation sites is 2. The van der Waals surface area contributed by atoms with Crippen LogP contribution in [0.1, 0.15) is 18.1 Å². The number of rotatable bonds is 6. The molecule has 2 amide bonds. The molecule has 5 nitrogen and oxygen atoms in total. The minimum Gasteiger partial charge on any atom is -0.455 e. The second-order valence-corrected chi connectivity index (χ2v) is 6.51. The Kier molecular flexibility index (Phi) is 6.07. The normalized spacial score (nSPS) is 10.2. The quantitative estimate of drug-likeness (QED) is 0.643. The molecule has 0 saturated carbocycles. The van der Waals surface area contributed by atoms with Crippen molar-refractivity contribution in [3.63, 3.8) is 0 Å². The van der Waals surface area contributed by atoms with Crippen molar-refractivity contribution >= 4 is 23.2 Å². The summed E-state index contributed by atoms with van der Waals surface area (Å²) in [6.45, 7) is 3.47. The molecule has 2 N–H and O–H groups in total. The lowest BCUT2D eigenvalue weighted by Gasteiger charge is -2.12. The number of amides is 2. The molecule has 142 valence electrons. The lowest BCUT2D eigenvalue weighted by molar-refractivity contribution is -0.116. The van der Waals surface area contributed by atoms with Gasteiger partial charge in [-0.15, -0.1) is 0 Å². The van der Waals surface area contributed by atoms with Gasteiger partial charge < -0.3 is 15.4 Å². The highest BCUT2D eigenvalue weighted by Crippen LogP contribution is 2.29. The highest BCUT2D eigenvalue weighted by atomic mass is 16.5. The van der Waals surface area contributed by atoms with Crippen LogP contribution in [0.4, 0.5) is 11.4 Å². The van der Waals surface area contributed by atoms with Crippen molar-refractivity contribution in [3.8, 4) is 11.5 Å². The molecule has 3 rings (SSSR count). The van der Waals surface area contributed by atoms with E-state index in [0.29, 0.717) is 22.9 Å². The molecule has 0 aliphatic carbocycles. The van der Waals surface area contributed by atoms with Crippen LogP contribution in [0.5, 0.6) is 11.5 Å². The van der Waals surface area contributed by atoms with Crippen molar-refractivity contribution in [2.45, 2.75) is 20.3 Å². The Balaban J connectivity index is 1.65. The van der Waals surface area contributed by atoms with Crippen LogP contribution in [-0.4, -0.2) is 11.8 Å². The van der Waals surface area contributed by atoms with Gasteiger partial charge in [-0.25, -0.2) is 0 Å². The molecule has 0 spiro atoms. The number of aryl methyl sites for hydroxylation is 1. The number of ether oxygens (including phenoxy) is 1. The van der Waals surface area contributed by atoms with Crippen molar-refractivity contribution < 1.29 is 14.3 Å². The molecular formula is C23H22N2O3. The van der Waals surface area contributed by atoms with E-state index in [4.69, 9.17) is 4.74 Å². The maximum Gasteiger partial charge on any atom is 0.228 e. The van der Waals surface area contributed by atoms with E-state index < -0.39 is 0 Å².